The third-order valence-electron chi connectivity index (χ3n) is 6.53. The summed E-state index contributed by atoms with van der Waals surface area (Å²) in [6.07, 6.45) is 4.04. The molecule has 1 aromatic carbocycles. The second-order valence-electron chi connectivity index (χ2n) is 9.10. The number of benzene rings is 1. The summed E-state index contributed by atoms with van der Waals surface area (Å²) in [5.41, 5.74) is 3.35. The van der Waals surface area contributed by atoms with Crippen LogP contribution in [0.25, 0.3) is 21.1 Å². The Bertz CT molecular complexity index is 1460. The second kappa shape index (κ2) is 8.85. The number of anilines is 1. The fraction of sp³-hybridized carbons (Fsp3) is 0.375. The number of hydrogen-bond acceptors (Lipinski definition) is 9. The van der Waals surface area contributed by atoms with Crippen LogP contribution >= 0.6 is 22.9 Å². The smallest absolute Gasteiger partial charge is 0.240 e. The molecular formula is C24H24ClN7O2S. The highest BCUT2D eigenvalue weighted by atomic mass is 35.5. The van der Waals surface area contributed by atoms with Crippen molar-refractivity contribution in [3.8, 4) is 11.8 Å². The van der Waals surface area contributed by atoms with E-state index >= 15 is 0 Å². The highest BCUT2D eigenvalue weighted by Gasteiger charge is 2.29. The van der Waals surface area contributed by atoms with Crippen LogP contribution in [0.4, 0.5) is 5.69 Å². The van der Waals surface area contributed by atoms with E-state index in [1.165, 1.54) is 9.58 Å². The summed E-state index contributed by atoms with van der Waals surface area (Å²) in [4.78, 5) is 33.3. The monoisotopic (exact) mass is 509 g/mol. The topological polar surface area (TPSA) is 105 Å². The summed E-state index contributed by atoms with van der Waals surface area (Å²) in [6.45, 7) is 6.84. The zero-order chi connectivity index (χ0) is 24.1. The van der Waals surface area contributed by atoms with Gasteiger partial charge in [0.05, 0.1) is 35.0 Å². The average molecular weight is 510 g/mol. The highest BCUT2D eigenvalue weighted by molar-refractivity contribution is 7.20. The number of carbonyl (C=O) groups is 1. The van der Waals surface area contributed by atoms with Crippen LogP contribution in [0.5, 0.6) is 11.8 Å². The summed E-state index contributed by atoms with van der Waals surface area (Å²) >= 11 is 7.83. The Balaban J connectivity index is 1.34. The Labute approximate surface area is 210 Å². The molecule has 2 atom stereocenters. The maximum Gasteiger partial charge on any atom is 0.240 e. The first-order valence-electron chi connectivity index (χ1n) is 11.6. The number of hydrogen-bond donors (Lipinski definition) is 2. The quantitative estimate of drug-likeness (QED) is 0.391. The molecule has 11 heteroatoms. The van der Waals surface area contributed by atoms with E-state index in [9.17, 15) is 4.79 Å². The van der Waals surface area contributed by atoms with E-state index in [1.807, 2.05) is 13.0 Å². The number of fused-ring (bicyclic) bond motifs is 5. The van der Waals surface area contributed by atoms with Gasteiger partial charge in [0.2, 0.25) is 23.0 Å². The van der Waals surface area contributed by atoms with E-state index in [2.05, 4.69) is 33.6 Å². The summed E-state index contributed by atoms with van der Waals surface area (Å²) < 4.78 is 7.21. The third kappa shape index (κ3) is 4.15. The third-order valence-corrected chi connectivity index (χ3v) is 7.87. The molecule has 0 saturated carbocycles. The minimum absolute atomic E-state index is 0.0245. The van der Waals surface area contributed by atoms with Crippen molar-refractivity contribution < 1.29 is 9.53 Å². The van der Waals surface area contributed by atoms with Crippen molar-refractivity contribution in [1.82, 2.24) is 30.2 Å². The lowest BCUT2D eigenvalue weighted by molar-refractivity contribution is -0.131. The van der Waals surface area contributed by atoms with Gasteiger partial charge >= 0.3 is 0 Å². The normalized spacial score (nSPS) is 20.2. The van der Waals surface area contributed by atoms with Crippen molar-refractivity contribution in [1.29, 1.82) is 0 Å². The van der Waals surface area contributed by atoms with Crippen LogP contribution in [0.3, 0.4) is 0 Å². The average Bonchev–Trinajstić information content (AvgIpc) is 3.30. The molecule has 3 aromatic heterocycles. The van der Waals surface area contributed by atoms with Crippen molar-refractivity contribution >= 4 is 55.7 Å². The molecule has 1 fully saturated rings. The molecule has 0 bridgehead atoms. The molecule has 2 aliphatic heterocycles. The number of aromatic nitrogens is 4. The number of amides is 1. The predicted molar refractivity (Wildman–Crippen MR) is 136 cm³/mol. The molecule has 9 nitrogen and oxygen atoms in total. The van der Waals surface area contributed by atoms with Gasteiger partial charge in [-0.05, 0) is 37.1 Å². The summed E-state index contributed by atoms with van der Waals surface area (Å²) in [5.74, 6) is 0.724. The lowest BCUT2D eigenvalue weighted by Crippen LogP contribution is -2.29. The van der Waals surface area contributed by atoms with E-state index in [0.717, 1.165) is 41.6 Å². The Hall–Kier alpha value is -3.08. The first-order valence-corrected chi connectivity index (χ1v) is 12.8. The number of halogens is 1. The van der Waals surface area contributed by atoms with Gasteiger partial charge in [-0.25, -0.2) is 15.0 Å². The maximum absolute atomic E-state index is 12.4. The molecule has 1 amide bonds. The summed E-state index contributed by atoms with van der Waals surface area (Å²) in [7, 11) is 0. The van der Waals surface area contributed by atoms with Gasteiger partial charge in [0.15, 0.2) is 0 Å². The van der Waals surface area contributed by atoms with Crippen molar-refractivity contribution in [3.63, 3.8) is 0 Å². The van der Waals surface area contributed by atoms with Crippen LogP contribution in [-0.2, 0) is 17.9 Å². The Morgan fingerprint density at radius 2 is 2.11 bits per heavy atom. The molecule has 4 aromatic rings. The molecule has 0 unspecified atom stereocenters. The fourth-order valence-electron chi connectivity index (χ4n) is 4.58. The van der Waals surface area contributed by atoms with Gasteiger partial charge in [0.25, 0.3) is 0 Å². The number of carbonyl (C=O) groups excluding carboxylic acids is 1. The van der Waals surface area contributed by atoms with Gasteiger partial charge in [0, 0.05) is 52.8 Å². The lowest BCUT2D eigenvalue weighted by atomic mass is 10.1. The van der Waals surface area contributed by atoms with Crippen molar-refractivity contribution in [2.75, 3.05) is 18.4 Å². The van der Waals surface area contributed by atoms with E-state index in [1.54, 1.807) is 28.6 Å². The molecule has 5 heterocycles. The summed E-state index contributed by atoms with van der Waals surface area (Å²) in [5, 5.41) is 8.27. The number of likely N-dealkylation sites (tertiary alicyclic amines) is 1. The van der Waals surface area contributed by atoms with Crippen LogP contribution < -0.4 is 15.4 Å². The minimum Gasteiger partial charge on any atom is -0.418 e. The Morgan fingerprint density at radius 3 is 2.94 bits per heavy atom. The van der Waals surface area contributed by atoms with Crippen LogP contribution in [0, 0.1) is 5.92 Å². The maximum atomic E-state index is 12.4. The molecule has 180 valence electrons. The zero-order valence-corrected chi connectivity index (χ0v) is 20.9. The van der Waals surface area contributed by atoms with E-state index < -0.39 is 0 Å². The number of ether oxygens (including phenoxy) is 1. The minimum atomic E-state index is 0.0245. The molecule has 0 aliphatic carbocycles. The molecular weight excluding hydrogens is 486 g/mol. The molecule has 0 spiro atoms. The zero-order valence-electron chi connectivity index (χ0n) is 19.3. The molecule has 1 saturated heterocycles. The number of nitrogens with one attached hydrogen (secondary N) is 2. The Morgan fingerprint density at radius 1 is 1.23 bits per heavy atom. The predicted octanol–water partition coefficient (Wildman–Crippen LogP) is 4.35. The van der Waals surface area contributed by atoms with Crippen LogP contribution in [0.1, 0.15) is 30.7 Å². The molecule has 2 N–H and O–H groups in total. The Kier molecular flexibility index (Phi) is 5.66. The number of thiophene rings is 1. The standard InChI is InChI=1S/C24H24ClN7O2S/c1-12-5-6-32(23(12)33)11-14-8-29-24(25)31-22(14)34-18-10-28-20-15(30-18)3-4-16-19(20)21-17(35-16)9-26-13(2)7-27-21/h3-4,8,10,12-13,26-27H,5-7,9,11H2,1-2H3/t12-,13+/m0/s1. The van der Waals surface area contributed by atoms with Crippen LogP contribution in [0.2, 0.25) is 5.28 Å². The van der Waals surface area contributed by atoms with Crippen LogP contribution in [-0.4, -0.2) is 49.9 Å². The van der Waals surface area contributed by atoms with E-state index in [4.69, 9.17) is 26.3 Å². The van der Waals surface area contributed by atoms with Crippen molar-refractivity contribution in [2.45, 2.75) is 39.4 Å². The highest BCUT2D eigenvalue weighted by Crippen LogP contribution is 2.40. The fourth-order valence-corrected chi connectivity index (χ4v) is 5.84. The van der Waals surface area contributed by atoms with Crippen molar-refractivity contribution in [2.24, 2.45) is 5.92 Å². The largest absolute Gasteiger partial charge is 0.418 e. The number of nitrogens with zero attached hydrogens (tertiary/aromatic N) is 5. The van der Waals surface area contributed by atoms with Gasteiger partial charge in [-0.2, -0.15) is 4.98 Å². The first kappa shape index (κ1) is 22.4. The lowest BCUT2D eigenvalue weighted by Gasteiger charge is -2.17. The van der Waals surface area contributed by atoms with Crippen molar-refractivity contribution in [3.05, 3.63) is 40.3 Å². The number of rotatable bonds is 4. The van der Waals surface area contributed by atoms with Crippen LogP contribution in [0.15, 0.2) is 24.5 Å². The molecule has 0 radical (unpaired) electrons. The first-order chi connectivity index (χ1) is 17.0. The molecule has 2 aliphatic rings. The van der Waals surface area contributed by atoms with E-state index in [0.29, 0.717) is 30.6 Å². The molecule has 35 heavy (non-hydrogen) atoms. The van der Waals surface area contributed by atoms with Gasteiger partial charge < -0.3 is 20.3 Å². The van der Waals surface area contributed by atoms with Gasteiger partial charge in [-0.1, -0.05) is 6.92 Å². The van der Waals surface area contributed by atoms with Gasteiger partial charge in [-0.3, -0.25) is 4.79 Å². The molecule has 6 rings (SSSR count). The van der Waals surface area contributed by atoms with Gasteiger partial charge in [0.1, 0.15) is 0 Å². The van der Waals surface area contributed by atoms with Gasteiger partial charge in [-0.15, -0.1) is 11.3 Å². The second-order valence-corrected chi connectivity index (χ2v) is 10.6. The SMILES string of the molecule is C[C@@H]1CNc2c(sc3ccc4nc(Oc5nc(Cl)ncc5CN5CC[C@H](C)C5=O)cnc4c23)CN1. The van der Waals surface area contributed by atoms with E-state index in [-0.39, 0.29) is 23.0 Å². The summed E-state index contributed by atoms with van der Waals surface area (Å²) in [6, 6.07) is 4.42.